The smallest absolute Gasteiger partial charge is 0.0909 e. The highest BCUT2D eigenvalue weighted by atomic mass is 35.5. The molecule has 0 aromatic rings. The number of nitrogens with two attached hydrogens (primary N) is 1. The first-order valence-electron chi connectivity index (χ1n) is 2.09. The monoisotopic (exact) mass is 127 g/mol. The summed E-state index contributed by atoms with van der Waals surface area (Å²) in [5.74, 6) is 0. The molecule has 0 aliphatic heterocycles. The van der Waals surface area contributed by atoms with E-state index >= 15 is 0 Å². The Morgan fingerprint density at radius 1 is 1.71 bits per heavy atom. The van der Waals surface area contributed by atoms with Crippen LogP contribution in [0.1, 0.15) is 13.3 Å². The lowest BCUT2D eigenvalue weighted by Gasteiger charge is -1.94. The maximum absolute atomic E-state index is 11.2. The Balaban J connectivity index is 0. The average Bonchev–Trinajstić information content (AvgIpc) is 1.35. The first-order chi connectivity index (χ1) is 2.77. The van der Waals surface area contributed by atoms with Crippen molar-refractivity contribution in [2.45, 2.75) is 19.4 Å². The zero-order chi connectivity index (χ0) is 4.99. The summed E-state index contributed by atoms with van der Waals surface area (Å²) in [6.45, 7) is 1.50. The Hall–Kier alpha value is 0.180. The Morgan fingerprint density at radius 2 is 2.14 bits per heavy atom. The summed E-state index contributed by atoms with van der Waals surface area (Å²) < 4.78 is 11.2. The van der Waals surface area contributed by atoms with Gasteiger partial charge in [-0.3, -0.25) is 4.39 Å². The standard InChI is InChI=1S/C4H10FN.ClH/c1-4(6)2-3-5;/h4H,2-3,6H2,1H3;1H. The molecule has 3 heteroatoms. The predicted octanol–water partition coefficient (Wildman–Crippen LogP) is 1.12. The van der Waals surface area contributed by atoms with Gasteiger partial charge in [0.25, 0.3) is 0 Å². The molecule has 0 heterocycles. The van der Waals surface area contributed by atoms with Crippen LogP contribution in [0.4, 0.5) is 4.39 Å². The quantitative estimate of drug-likeness (QED) is 0.591. The fourth-order valence-corrected chi connectivity index (χ4v) is 0.172. The van der Waals surface area contributed by atoms with Crippen molar-refractivity contribution < 1.29 is 4.39 Å². The third-order valence-electron chi connectivity index (χ3n) is 0.564. The molecule has 0 aromatic heterocycles. The fourth-order valence-electron chi connectivity index (χ4n) is 0.172. The molecule has 0 fully saturated rings. The number of hydrogen-bond donors (Lipinski definition) is 1. The van der Waals surface area contributed by atoms with Crippen LogP contribution < -0.4 is 5.73 Å². The van der Waals surface area contributed by atoms with Crippen LogP contribution in [0.3, 0.4) is 0 Å². The second kappa shape index (κ2) is 6.18. The van der Waals surface area contributed by atoms with Gasteiger partial charge >= 0.3 is 0 Å². The fraction of sp³-hybridized carbons (Fsp3) is 1.00. The zero-order valence-electron chi connectivity index (χ0n) is 4.36. The van der Waals surface area contributed by atoms with Crippen LogP contribution in [0.15, 0.2) is 0 Å². The molecular formula is C4H11ClFN. The Kier molecular flexibility index (Phi) is 9.02. The van der Waals surface area contributed by atoms with Crippen LogP contribution in [0.2, 0.25) is 0 Å². The van der Waals surface area contributed by atoms with E-state index in [1.807, 2.05) is 0 Å². The largest absolute Gasteiger partial charge is 0.328 e. The van der Waals surface area contributed by atoms with Gasteiger partial charge in [0, 0.05) is 6.04 Å². The molecule has 0 saturated heterocycles. The molecule has 0 aliphatic carbocycles. The van der Waals surface area contributed by atoms with E-state index in [1.54, 1.807) is 6.92 Å². The van der Waals surface area contributed by atoms with Gasteiger partial charge in [-0.25, -0.2) is 0 Å². The molecule has 0 amide bonds. The van der Waals surface area contributed by atoms with Crippen molar-refractivity contribution in [2.75, 3.05) is 6.67 Å². The zero-order valence-corrected chi connectivity index (χ0v) is 5.17. The van der Waals surface area contributed by atoms with Crippen LogP contribution >= 0.6 is 12.4 Å². The van der Waals surface area contributed by atoms with Crippen molar-refractivity contribution in [3.8, 4) is 0 Å². The van der Waals surface area contributed by atoms with Gasteiger partial charge in [0.2, 0.25) is 0 Å². The van der Waals surface area contributed by atoms with Gasteiger partial charge in [-0.05, 0) is 13.3 Å². The molecule has 0 aliphatic rings. The minimum atomic E-state index is -0.294. The number of halogens is 2. The van der Waals surface area contributed by atoms with Crippen LogP contribution in [0, 0.1) is 0 Å². The topological polar surface area (TPSA) is 26.0 Å². The molecule has 0 aromatic carbocycles. The maximum Gasteiger partial charge on any atom is 0.0909 e. The summed E-state index contributed by atoms with van der Waals surface area (Å²) in [6, 6.07) is 0.0231. The number of alkyl halides is 1. The van der Waals surface area contributed by atoms with E-state index in [9.17, 15) is 4.39 Å². The van der Waals surface area contributed by atoms with Gasteiger partial charge in [-0.15, -0.1) is 12.4 Å². The van der Waals surface area contributed by atoms with Crippen molar-refractivity contribution in [3.63, 3.8) is 0 Å². The van der Waals surface area contributed by atoms with Crippen LogP contribution in [-0.2, 0) is 0 Å². The van der Waals surface area contributed by atoms with E-state index in [2.05, 4.69) is 0 Å². The molecule has 0 radical (unpaired) electrons. The highest BCUT2D eigenvalue weighted by molar-refractivity contribution is 5.85. The van der Waals surface area contributed by atoms with Crippen molar-refractivity contribution in [1.82, 2.24) is 0 Å². The minimum absolute atomic E-state index is 0. The second-order valence-corrected chi connectivity index (χ2v) is 1.45. The lowest BCUT2D eigenvalue weighted by Crippen LogP contribution is -2.14. The lowest BCUT2D eigenvalue weighted by atomic mass is 10.3. The maximum atomic E-state index is 11.2. The summed E-state index contributed by atoms with van der Waals surface area (Å²) in [7, 11) is 0. The van der Waals surface area contributed by atoms with Gasteiger partial charge in [-0.1, -0.05) is 0 Å². The average molecular weight is 128 g/mol. The normalized spacial score (nSPS) is 12.4. The molecule has 0 spiro atoms. The van der Waals surface area contributed by atoms with Gasteiger partial charge in [-0.2, -0.15) is 0 Å². The third kappa shape index (κ3) is 10.7. The molecule has 0 rings (SSSR count). The SMILES string of the molecule is CC(N)CCF.Cl. The van der Waals surface area contributed by atoms with E-state index in [-0.39, 0.29) is 25.1 Å². The van der Waals surface area contributed by atoms with Crippen molar-refractivity contribution >= 4 is 12.4 Å². The second-order valence-electron chi connectivity index (χ2n) is 1.45. The van der Waals surface area contributed by atoms with Crippen LogP contribution in [0.25, 0.3) is 0 Å². The molecule has 46 valence electrons. The van der Waals surface area contributed by atoms with Gasteiger partial charge < -0.3 is 5.73 Å². The highest BCUT2D eigenvalue weighted by Crippen LogP contribution is 1.83. The summed E-state index contributed by atoms with van der Waals surface area (Å²) in [4.78, 5) is 0. The lowest BCUT2D eigenvalue weighted by molar-refractivity contribution is 0.447. The third-order valence-corrected chi connectivity index (χ3v) is 0.564. The Morgan fingerprint density at radius 3 is 2.14 bits per heavy atom. The first kappa shape index (κ1) is 10.2. The molecule has 7 heavy (non-hydrogen) atoms. The van der Waals surface area contributed by atoms with E-state index in [4.69, 9.17) is 5.73 Å². The molecule has 0 saturated carbocycles. The first-order valence-corrected chi connectivity index (χ1v) is 2.09. The van der Waals surface area contributed by atoms with Crippen LogP contribution in [0.5, 0.6) is 0 Å². The van der Waals surface area contributed by atoms with E-state index in [0.29, 0.717) is 6.42 Å². The van der Waals surface area contributed by atoms with E-state index < -0.39 is 0 Å². The van der Waals surface area contributed by atoms with Crippen LogP contribution in [-0.4, -0.2) is 12.7 Å². The van der Waals surface area contributed by atoms with E-state index in [0.717, 1.165) is 0 Å². The number of rotatable bonds is 2. The Bertz CT molecular complexity index is 32.9. The molecular weight excluding hydrogens is 117 g/mol. The Labute approximate surface area is 49.5 Å². The molecule has 1 unspecified atom stereocenters. The van der Waals surface area contributed by atoms with E-state index in [1.165, 1.54) is 0 Å². The molecule has 2 N–H and O–H groups in total. The highest BCUT2D eigenvalue weighted by Gasteiger charge is 1.87. The number of hydrogen-bond acceptors (Lipinski definition) is 1. The van der Waals surface area contributed by atoms with Gasteiger partial charge in [0.1, 0.15) is 0 Å². The van der Waals surface area contributed by atoms with Gasteiger partial charge in [0.05, 0.1) is 6.67 Å². The summed E-state index contributed by atoms with van der Waals surface area (Å²) >= 11 is 0. The molecule has 1 atom stereocenters. The van der Waals surface area contributed by atoms with Crippen molar-refractivity contribution in [1.29, 1.82) is 0 Å². The minimum Gasteiger partial charge on any atom is -0.328 e. The summed E-state index contributed by atoms with van der Waals surface area (Å²) in [6.07, 6.45) is 0.486. The van der Waals surface area contributed by atoms with Crippen molar-refractivity contribution in [3.05, 3.63) is 0 Å². The molecule has 0 bridgehead atoms. The summed E-state index contributed by atoms with van der Waals surface area (Å²) in [5, 5.41) is 0. The van der Waals surface area contributed by atoms with Gasteiger partial charge in [0.15, 0.2) is 0 Å². The molecule has 1 nitrogen and oxygen atoms in total. The predicted molar refractivity (Wildman–Crippen MR) is 31.5 cm³/mol. The summed E-state index contributed by atoms with van der Waals surface area (Å²) in [5.41, 5.74) is 5.16. The van der Waals surface area contributed by atoms with Crippen molar-refractivity contribution in [2.24, 2.45) is 5.73 Å².